The summed E-state index contributed by atoms with van der Waals surface area (Å²) in [5.74, 6) is -0.706. The predicted molar refractivity (Wildman–Crippen MR) is 92.1 cm³/mol. The topological polar surface area (TPSA) is 73.9 Å². The van der Waals surface area contributed by atoms with Crippen molar-refractivity contribution in [2.75, 3.05) is 25.1 Å². The summed E-state index contributed by atoms with van der Waals surface area (Å²) < 4.78 is 29.3. The average molecular weight is 380 g/mol. The molecule has 136 valence electrons. The van der Waals surface area contributed by atoms with Crippen LogP contribution in [0.25, 0.3) is 0 Å². The molecule has 0 bridgehead atoms. The van der Waals surface area contributed by atoms with Gasteiger partial charge in [0, 0.05) is 5.02 Å². The van der Waals surface area contributed by atoms with Crippen LogP contribution in [0.5, 0.6) is 11.5 Å². The summed E-state index contributed by atoms with van der Waals surface area (Å²) >= 11 is 5.75. The van der Waals surface area contributed by atoms with E-state index < -0.39 is 24.3 Å². The lowest BCUT2D eigenvalue weighted by molar-refractivity contribution is -0.146. The van der Waals surface area contributed by atoms with E-state index in [-0.39, 0.29) is 17.1 Å². The summed E-state index contributed by atoms with van der Waals surface area (Å²) in [6.07, 6.45) is -0.0323. The fourth-order valence-electron chi connectivity index (χ4n) is 2.34. The molecule has 1 N–H and O–H groups in total. The second-order valence-electron chi connectivity index (χ2n) is 5.49. The van der Waals surface area contributed by atoms with E-state index in [2.05, 4.69) is 5.32 Å². The molecule has 1 amide bonds. The van der Waals surface area contributed by atoms with Crippen molar-refractivity contribution >= 4 is 29.2 Å². The number of fused-ring (bicyclic) bond motifs is 1. The SMILES string of the molecule is O=C(COC(=O)Cc1ccc2c(c1)OCCO2)Nc1cc(Cl)ccc1F. The highest BCUT2D eigenvalue weighted by Crippen LogP contribution is 2.30. The van der Waals surface area contributed by atoms with Crippen LogP contribution >= 0.6 is 11.6 Å². The van der Waals surface area contributed by atoms with Gasteiger partial charge in [0.25, 0.3) is 5.91 Å². The molecule has 0 aliphatic carbocycles. The molecule has 0 saturated carbocycles. The molecule has 0 spiro atoms. The minimum absolute atomic E-state index is 0.0323. The normalized spacial score (nSPS) is 12.4. The fraction of sp³-hybridized carbons (Fsp3) is 0.222. The highest BCUT2D eigenvalue weighted by Gasteiger charge is 2.15. The molecule has 26 heavy (non-hydrogen) atoms. The monoisotopic (exact) mass is 379 g/mol. The van der Waals surface area contributed by atoms with E-state index in [4.69, 9.17) is 25.8 Å². The maximum absolute atomic E-state index is 13.6. The summed E-state index contributed by atoms with van der Waals surface area (Å²) in [4.78, 5) is 23.7. The van der Waals surface area contributed by atoms with Crippen molar-refractivity contribution in [2.45, 2.75) is 6.42 Å². The molecule has 1 aliphatic rings. The van der Waals surface area contributed by atoms with Gasteiger partial charge in [0.05, 0.1) is 12.1 Å². The molecule has 1 heterocycles. The number of hydrogen-bond acceptors (Lipinski definition) is 5. The fourth-order valence-corrected chi connectivity index (χ4v) is 2.51. The molecule has 8 heteroatoms. The molecule has 0 atom stereocenters. The van der Waals surface area contributed by atoms with Gasteiger partial charge in [0.15, 0.2) is 18.1 Å². The lowest BCUT2D eigenvalue weighted by atomic mass is 10.1. The smallest absolute Gasteiger partial charge is 0.310 e. The van der Waals surface area contributed by atoms with Gasteiger partial charge in [-0.1, -0.05) is 17.7 Å². The summed E-state index contributed by atoms with van der Waals surface area (Å²) in [7, 11) is 0. The number of esters is 1. The van der Waals surface area contributed by atoms with Gasteiger partial charge < -0.3 is 19.5 Å². The van der Waals surface area contributed by atoms with E-state index in [1.807, 2.05) is 0 Å². The molecular formula is C18H15ClFNO5. The molecular weight excluding hydrogens is 365 g/mol. The zero-order valence-corrected chi connectivity index (χ0v) is 14.3. The highest BCUT2D eigenvalue weighted by molar-refractivity contribution is 6.30. The van der Waals surface area contributed by atoms with E-state index in [0.29, 0.717) is 30.3 Å². The van der Waals surface area contributed by atoms with Crippen molar-refractivity contribution in [3.05, 3.63) is 52.8 Å². The van der Waals surface area contributed by atoms with Crippen LogP contribution in [0.2, 0.25) is 5.02 Å². The number of anilines is 1. The Morgan fingerprint density at radius 3 is 2.69 bits per heavy atom. The molecule has 0 radical (unpaired) electrons. The zero-order chi connectivity index (χ0) is 18.5. The van der Waals surface area contributed by atoms with Crippen LogP contribution in [0.1, 0.15) is 5.56 Å². The van der Waals surface area contributed by atoms with Crippen molar-refractivity contribution in [1.29, 1.82) is 0 Å². The zero-order valence-electron chi connectivity index (χ0n) is 13.6. The Morgan fingerprint density at radius 1 is 1.12 bits per heavy atom. The van der Waals surface area contributed by atoms with E-state index in [1.54, 1.807) is 18.2 Å². The first-order valence-electron chi connectivity index (χ1n) is 7.80. The first-order chi connectivity index (χ1) is 12.5. The van der Waals surface area contributed by atoms with E-state index in [9.17, 15) is 14.0 Å². The molecule has 0 fully saturated rings. The van der Waals surface area contributed by atoms with Gasteiger partial charge in [-0.05, 0) is 35.9 Å². The first kappa shape index (κ1) is 18.0. The van der Waals surface area contributed by atoms with Gasteiger partial charge in [-0.25, -0.2) is 4.39 Å². The molecule has 2 aromatic carbocycles. The number of benzene rings is 2. The Labute approximate surface area is 153 Å². The van der Waals surface area contributed by atoms with Gasteiger partial charge >= 0.3 is 5.97 Å². The second-order valence-corrected chi connectivity index (χ2v) is 5.92. The highest BCUT2D eigenvalue weighted by atomic mass is 35.5. The Balaban J connectivity index is 1.50. The number of hydrogen-bond donors (Lipinski definition) is 1. The van der Waals surface area contributed by atoms with Gasteiger partial charge in [0.1, 0.15) is 19.0 Å². The first-order valence-corrected chi connectivity index (χ1v) is 8.18. The average Bonchev–Trinajstić information content (AvgIpc) is 2.63. The van der Waals surface area contributed by atoms with Gasteiger partial charge in [0.2, 0.25) is 0 Å². The third kappa shape index (κ3) is 4.64. The third-order valence-electron chi connectivity index (χ3n) is 3.52. The van der Waals surface area contributed by atoms with Crippen molar-refractivity contribution < 1.29 is 28.2 Å². The van der Waals surface area contributed by atoms with Crippen LogP contribution in [0.3, 0.4) is 0 Å². The number of ether oxygens (including phenoxy) is 3. The van der Waals surface area contributed by atoms with Crippen LogP contribution in [0, 0.1) is 5.82 Å². The maximum Gasteiger partial charge on any atom is 0.310 e. The summed E-state index contributed by atoms with van der Waals surface area (Å²) in [6, 6.07) is 8.89. The lowest BCUT2D eigenvalue weighted by Gasteiger charge is -2.18. The van der Waals surface area contributed by atoms with Gasteiger partial charge in [-0.15, -0.1) is 0 Å². The minimum atomic E-state index is -0.665. The maximum atomic E-state index is 13.6. The number of carbonyl (C=O) groups is 2. The number of rotatable bonds is 5. The molecule has 3 rings (SSSR count). The van der Waals surface area contributed by atoms with Crippen LogP contribution < -0.4 is 14.8 Å². The Hall–Kier alpha value is -2.80. The lowest BCUT2D eigenvalue weighted by Crippen LogP contribution is -2.22. The van der Waals surface area contributed by atoms with Crippen molar-refractivity contribution in [2.24, 2.45) is 0 Å². The Bertz CT molecular complexity index is 842. The molecule has 0 aromatic heterocycles. The number of halogens is 2. The van der Waals surface area contributed by atoms with Crippen LogP contribution in [0.4, 0.5) is 10.1 Å². The Morgan fingerprint density at radius 2 is 1.88 bits per heavy atom. The van der Waals surface area contributed by atoms with E-state index in [1.165, 1.54) is 12.1 Å². The number of amides is 1. The van der Waals surface area contributed by atoms with Crippen LogP contribution in [-0.4, -0.2) is 31.7 Å². The predicted octanol–water partition coefficient (Wildman–Crippen LogP) is 2.97. The quantitative estimate of drug-likeness (QED) is 0.808. The largest absolute Gasteiger partial charge is 0.486 e. The van der Waals surface area contributed by atoms with Crippen molar-refractivity contribution in [3.63, 3.8) is 0 Å². The van der Waals surface area contributed by atoms with E-state index in [0.717, 1.165) is 6.07 Å². The summed E-state index contributed by atoms with van der Waals surface area (Å²) in [6.45, 7) is 0.396. The molecule has 1 aliphatic heterocycles. The van der Waals surface area contributed by atoms with Crippen molar-refractivity contribution in [1.82, 2.24) is 0 Å². The molecule has 0 unspecified atom stereocenters. The van der Waals surface area contributed by atoms with Crippen LogP contribution in [-0.2, 0) is 20.7 Å². The van der Waals surface area contributed by atoms with E-state index >= 15 is 0 Å². The van der Waals surface area contributed by atoms with Crippen LogP contribution in [0.15, 0.2) is 36.4 Å². The van der Waals surface area contributed by atoms with Crippen molar-refractivity contribution in [3.8, 4) is 11.5 Å². The summed E-state index contributed by atoms with van der Waals surface area (Å²) in [5.41, 5.74) is 0.589. The standard InChI is InChI=1S/C18H15ClFNO5/c19-12-2-3-13(20)14(9-12)21-17(22)10-26-18(23)8-11-1-4-15-16(7-11)25-6-5-24-15/h1-4,7,9H,5-6,8,10H2,(H,21,22). The molecule has 2 aromatic rings. The van der Waals surface area contributed by atoms with Gasteiger partial charge in [-0.3, -0.25) is 9.59 Å². The molecule has 6 nitrogen and oxygen atoms in total. The summed E-state index contributed by atoms with van der Waals surface area (Å²) in [5, 5.41) is 2.57. The minimum Gasteiger partial charge on any atom is -0.486 e. The third-order valence-corrected chi connectivity index (χ3v) is 3.76. The second kappa shape index (κ2) is 8.05. The Kier molecular flexibility index (Phi) is 5.58. The van der Waals surface area contributed by atoms with Gasteiger partial charge in [-0.2, -0.15) is 0 Å². The number of carbonyl (C=O) groups excluding carboxylic acids is 2. The molecule has 0 saturated heterocycles. The number of nitrogens with one attached hydrogen (secondary N) is 1.